The van der Waals surface area contributed by atoms with E-state index in [2.05, 4.69) is 20.4 Å². The van der Waals surface area contributed by atoms with Crippen LogP contribution in [-0.4, -0.2) is 35.0 Å². The lowest BCUT2D eigenvalue weighted by Gasteiger charge is -2.14. The first-order valence-corrected chi connectivity index (χ1v) is 7.09. The second kappa shape index (κ2) is 6.46. The SMILES string of the molecule is COc1ccc(Nc2ncnc3onc(C)c23)cc1OCC(F)(F)F. The predicted molar refractivity (Wildman–Crippen MR) is 82.2 cm³/mol. The van der Waals surface area contributed by atoms with Gasteiger partial charge in [-0.25, -0.2) is 4.98 Å². The van der Waals surface area contributed by atoms with Crippen molar-refractivity contribution in [3.63, 3.8) is 0 Å². The molecule has 132 valence electrons. The van der Waals surface area contributed by atoms with Gasteiger partial charge in [0.1, 0.15) is 17.5 Å². The van der Waals surface area contributed by atoms with Gasteiger partial charge in [0.05, 0.1) is 12.8 Å². The van der Waals surface area contributed by atoms with Crippen molar-refractivity contribution in [1.29, 1.82) is 0 Å². The Morgan fingerprint density at radius 1 is 1.20 bits per heavy atom. The topological polar surface area (TPSA) is 82.3 Å². The van der Waals surface area contributed by atoms with Crippen LogP contribution in [0.15, 0.2) is 29.0 Å². The Hall–Kier alpha value is -3.04. The predicted octanol–water partition coefficient (Wildman–Crippen LogP) is 3.62. The number of rotatable bonds is 5. The summed E-state index contributed by atoms with van der Waals surface area (Å²) in [6.07, 6.45) is -3.16. The molecule has 10 heteroatoms. The normalized spacial score (nSPS) is 11.6. The smallest absolute Gasteiger partial charge is 0.422 e. The quantitative estimate of drug-likeness (QED) is 0.749. The Labute approximate surface area is 139 Å². The summed E-state index contributed by atoms with van der Waals surface area (Å²) in [7, 11) is 1.34. The van der Waals surface area contributed by atoms with Crippen LogP contribution in [0, 0.1) is 6.92 Å². The highest BCUT2D eigenvalue weighted by atomic mass is 19.4. The van der Waals surface area contributed by atoms with Crippen LogP contribution in [0.2, 0.25) is 0 Å². The van der Waals surface area contributed by atoms with Gasteiger partial charge in [-0.3, -0.25) is 0 Å². The lowest BCUT2D eigenvalue weighted by molar-refractivity contribution is -0.153. The molecule has 0 amide bonds. The number of ether oxygens (including phenoxy) is 2. The molecule has 3 rings (SSSR count). The molecule has 0 saturated heterocycles. The molecule has 1 aromatic carbocycles. The summed E-state index contributed by atoms with van der Waals surface area (Å²) in [5.41, 5.74) is 1.34. The van der Waals surface area contributed by atoms with Crippen molar-refractivity contribution in [2.75, 3.05) is 19.0 Å². The Bertz CT molecular complexity index is 895. The highest BCUT2D eigenvalue weighted by Crippen LogP contribution is 2.33. The van der Waals surface area contributed by atoms with E-state index in [0.717, 1.165) is 0 Å². The van der Waals surface area contributed by atoms with Crippen LogP contribution in [0.1, 0.15) is 5.69 Å². The fourth-order valence-electron chi connectivity index (χ4n) is 2.18. The zero-order valence-electron chi connectivity index (χ0n) is 13.2. The van der Waals surface area contributed by atoms with Gasteiger partial charge in [-0.15, -0.1) is 0 Å². The second-order valence-corrected chi connectivity index (χ2v) is 5.06. The standard InChI is InChI=1S/C15H13F3N4O3/c1-8-12-13(19-7-20-14(12)25-22-8)21-9-3-4-10(23-2)11(5-9)24-6-15(16,17)18/h3-5,7H,6H2,1-2H3,(H,19,20,21). The number of aromatic nitrogens is 3. The van der Waals surface area contributed by atoms with Crippen LogP contribution in [0.25, 0.3) is 11.1 Å². The Morgan fingerprint density at radius 3 is 2.72 bits per heavy atom. The van der Waals surface area contributed by atoms with Crippen LogP contribution in [-0.2, 0) is 0 Å². The van der Waals surface area contributed by atoms with Gasteiger partial charge in [-0.1, -0.05) is 5.16 Å². The average Bonchev–Trinajstić information content (AvgIpc) is 2.95. The molecule has 3 aromatic rings. The third kappa shape index (κ3) is 3.73. The number of methoxy groups -OCH3 is 1. The minimum absolute atomic E-state index is 0.0443. The van der Waals surface area contributed by atoms with E-state index in [1.54, 1.807) is 13.0 Å². The number of nitrogens with zero attached hydrogens (tertiary/aromatic N) is 3. The highest BCUT2D eigenvalue weighted by Gasteiger charge is 2.29. The molecule has 0 bridgehead atoms. The Morgan fingerprint density at radius 2 is 2.00 bits per heavy atom. The van der Waals surface area contributed by atoms with Crippen LogP contribution in [0.4, 0.5) is 24.7 Å². The number of alkyl halides is 3. The molecule has 0 aliphatic carbocycles. The number of nitrogens with one attached hydrogen (secondary N) is 1. The number of benzene rings is 1. The first-order valence-electron chi connectivity index (χ1n) is 7.09. The van der Waals surface area contributed by atoms with Crippen LogP contribution in [0.5, 0.6) is 11.5 Å². The van der Waals surface area contributed by atoms with E-state index in [1.165, 1.54) is 25.6 Å². The van der Waals surface area contributed by atoms with Gasteiger partial charge in [0.2, 0.25) is 0 Å². The largest absolute Gasteiger partial charge is 0.493 e. The summed E-state index contributed by atoms with van der Waals surface area (Å²) < 4.78 is 52.1. The van der Waals surface area contributed by atoms with Crippen molar-refractivity contribution in [2.24, 2.45) is 0 Å². The fourth-order valence-corrected chi connectivity index (χ4v) is 2.18. The van der Waals surface area contributed by atoms with Gasteiger partial charge >= 0.3 is 6.18 Å². The van der Waals surface area contributed by atoms with Crippen molar-refractivity contribution in [2.45, 2.75) is 13.1 Å². The van der Waals surface area contributed by atoms with Gasteiger partial charge in [0.25, 0.3) is 5.71 Å². The summed E-state index contributed by atoms with van der Waals surface area (Å²) in [6, 6.07) is 4.50. The van der Waals surface area contributed by atoms with Gasteiger partial charge in [-0.05, 0) is 19.1 Å². The lowest BCUT2D eigenvalue weighted by Crippen LogP contribution is -2.19. The van der Waals surface area contributed by atoms with Gasteiger partial charge < -0.3 is 19.3 Å². The molecule has 0 saturated carbocycles. The van der Waals surface area contributed by atoms with Crippen LogP contribution < -0.4 is 14.8 Å². The van der Waals surface area contributed by atoms with E-state index in [1.807, 2.05) is 0 Å². The number of hydrogen-bond acceptors (Lipinski definition) is 7. The molecule has 0 spiro atoms. The zero-order valence-corrected chi connectivity index (χ0v) is 13.2. The van der Waals surface area contributed by atoms with Gasteiger partial charge in [0, 0.05) is 11.8 Å². The molecule has 0 aliphatic heterocycles. The summed E-state index contributed by atoms with van der Waals surface area (Å²) in [5, 5.41) is 7.39. The Kier molecular flexibility index (Phi) is 4.34. The molecule has 0 unspecified atom stereocenters. The third-order valence-electron chi connectivity index (χ3n) is 3.26. The molecule has 7 nitrogen and oxygen atoms in total. The fraction of sp³-hybridized carbons (Fsp3) is 0.267. The molecule has 0 radical (unpaired) electrons. The van der Waals surface area contributed by atoms with Crippen molar-refractivity contribution in [3.8, 4) is 11.5 Å². The monoisotopic (exact) mass is 354 g/mol. The molecule has 1 N–H and O–H groups in total. The van der Waals surface area contributed by atoms with E-state index in [0.29, 0.717) is 28.3 Å². The van der Waals surface area contributed by atoms with E-state index in [-0.39, 0.29) is 11.5 Å². The minimum atomic E-state index is -4.45. The number of anilines is 2. The number of hydrogen-bond donors (Lipinski definition) is 1. The van der Waals surface area contributed by atoms with E-state index < -0.39 is 12.8 Å². The number of aryl methyl sites for hydroxylation is 1. The summed E-state index contributed by atoms with van der Waals surface area (Å²) in [6.45, 7) is 0.307. The first kappa shape index (κ1) is 16.8. The molecular weight excluding hydrogens is 341 g/mol. The maximum Gasteiger partial charge on any atom is 0.422 e. The molecule has 0 fully saturated rings. The van der Waals surface area contributed by atoms with Crippen molar-refractivity contribution < 1.29 is 27.2 Å². The molecule has 0 atom stereocenters. The lowest BCUT2D eigenvalue weighted by atomic mass is 10.2. The van der Waals surface area contributed by atoms with E-state index in [4.69, 9.17) is 14.0 Å². The maximum atomic E-state index is 12.4. The average molecular weight is 354 g/mol. The number of fused-ring (bicyclic) bond motifs is 1. The number of halogens is 3. The molecule has 2 aromatic heterocycles. The second-order valence-electron chi connectivity index (χ2n) is 5.06. The third-order valence-corrected chi connectivity index (χ3v) is 3.26. The van der Waals surface area contributed by atoms with Crippen molar-refractivity contribution in [1.82, 2.24) is 15.1 Å². The summed E-state index contributed by atoms with van der Waals surface area (Å²) >= 11 is 0. The molecule has 2 heterocycles. The van der Waals surface area contributed by atoms with Crippen LogP contribution in [0.3, 0.4) is 0 Å². The van der Waals surface area contributed by atoms with Gasteiger partial charge in [-0.2, -0.15) is 18.2 Å². The van der Waals surface area contributed by atoms with Crippen molar-refractivity contribution in [3.05, 3.63) is 30.2 Å². The Balaban J connectivity index is 1.90. The maximum absolute atomic E-state index is 12.4. The molecule has 25 heavy (non-hydrogen) atoms. The van der Waals surface area contributed by atoms with E-state index in [9.17, 15) is 13.2 Å². The van der Waals surface area contributed by atoms with Gasteiger partial charge in [0.15, 0.2) is 18.1 Å². The van der Waals surface area contributed by atoms with E-state index >= 15 is 0 Å². The van der Waals surface area contributed by atoms with Crippen LogP contribution >= 0.6 is 0 Å². The summed E-state index contributed by atoms with van der Waals surface area (Å²) in [4.78, 5) is 8.07. The highest BCUT2D eigenvalue weighted by molar-refractivity contribution is 5.89. The molecular formula is C15H13F3N4O3. The summed E-state index contributed by atoms with van der Waals surface area (Å²) in [5.74, 6) is 0.552. The molecule has 0 aliphatic rings. The van der Waals surface area contributed by atoms with Crippen molar-refractivity contribution >= 4 is 22.6 Å². The minimum Gasteiger partial charge on any atom is -0.493 e. The zero-order chi connectivity index (χ0) is 18.0. The first-order chi connectivity index (χ1) is 11.9.